The van der Waals surface area contributed by atoms with E-state index in [-0.39, 0.29) is 17.7 Å². The number of amides is 2. The molecule has 2 aromatic carbocycles. The van der Waals surface area contributed by atoms with Crippen molar-refractivity contribution in [1.29, 1.82) is 0 Å². The Balaban J connectivity index is 2.02. The van der Waals surface area contributed by atoms with Gasteiger partial charge < -0.3 is 24.4 Å². The maximum atomic E-state index is 12.8. The first-order valence-corrected chi connectivity index (χ1v) is 10.7. The minimum absolute atomic E-state index is 0.0663. The van der Waals surface area contributed by atoms with Crippen molar-refractivity contribution in [3.05, 3.63) is 53.6 Å². The Morgan fingerprint density at radius 2 is 1.50 bits per heavy atom. The highest BCUT2D eigenvalue weighted by atomic mass is 16.5. The summed E-state index contributed by atoms with van der Waals surface area (Å²) in [5, 5.41) is 2.95. The van der Waals surface area contributed by atoms with Crippen molar-refractivity contribution in [3.63, 3.8) is 0 Å². The molecule has 0 aliphatic heterocycles. The van der Waals surface area contributed by atoms with Gasteiger partial charge in [0.2, 0.25) is 11.8 Å². The van der Waals surface area contributed by atoms with Crippen molar-refractivity contribution in [2.75, 3.05) is 27.9 Å². The molecule has 1 N–H and O–H groups in total. The third-order valence-electron chi connectivity index (χ3n) is 5.30. The van der Waals surface area contributed by atoms with Crippen LogP contribution in [0.15, 0.2) is 42.5 Å². The maximum Gasteiger partial charge on any atom is 0.242 e. The Morgan fingerprint density at radius 1 is 0.875 bits per heavy atom. The van der Waals surface area contributed by atoms with Gasteiger partial charge in [0.15, 0.2) is 11.5 Å². The summed E-state index contributed by atoms with van der Waals surface area (Å²) in [5.41, 5.74) is 1.95. The fraction of sp³-hybridized carbons (Fsp3) is 0.440. The van der Waals surface area contributed by atoms with E-state index in [1.165, 1.54) is 0 Å². The number of nitrogens with one attached hydrogen (secondary N) is 1. The molecule has 0 spiro atoms. The molecular weight excluding hydrogens is 408 g/mol. The summed E-state index contributed by atoms with van der Waals surface area (Å²) in [6.45, 7) is 6.24. The van der Waals surface area contributed by atoms with Crippen molar-refractivity contribution in [1.82, 2.24) is 10.2 Å². The number of hydrogen-bond donors (Lipinski definition) is 1. The summed E-state index contributed by atoms with van der Waals surface area (Å²) in [5.74, 6) is 1.59. The zero-order valence-corrected chi connectivity index (χ0v) is 19.8. The van der Waals surface area contributed by atoms with Crippen molar-refractivity contribution < 1.29 is 23.8 Å². The highest BCUT2D eigenvalue weighted by molar-refractivity contribution is 5.88. The molecule has 174 valence electrons. The molecule has 0 aromatic heterocycles. The van der Waals surface area contributed by atoms with E-state index in [2.05, 4.69) is 5.32 Å². The Kier molecular flexibility index (Phi) is 9.38. The number of carbonyl (C=O) groups excluding carboxylic acids is 2. The van der Waals surface area contributed by atoms with E-state index in [9.17, 15) is 9.59 Å². The highest BCUT2D eigenvalue weighted by Gasteiger charge is 2.27. The first-order valence-electron chi connectivity index (χ1n) is 10.7. The lowest BCUT2D eigenvalue weighted by Crippen LogP contribution is -2.49. The van der Waals surface area contributed by atoms with E-state index >= 15 is 0 Å². The van der Waals surface area contributed by atoms with Crippen LogP contribution in [-0.2, 0) is 22.6 Å². The normalized spacial score (nSPS) is 11.6. The molecule has 0 heterocycles. The third-order valence-corrected chi connectivity index (χ3v) is 5.30. The number of carbonyl (C=O) groups is 2. The second-order valence-electron chi connectivity index (χ2n) is 7.88. The Hall–Kier alpha value is -3.22. The lowest BCUT2D eigenvalue weighted by molar-refractivity contribution is -0.143. The molecule has 7 heteroatoms. The van der Waals surface area contributed by atoms with E-state index < -0.39 is 6.04 Å². The summed E-state index contributed by atoms with van der Waals surface area (Å²) in [6.07, 6.45) is 0.634. The summed E-state index contributed by atoms with van der Waals surface area (Å²) >= 11 is 0. The summed E-state index contributed by atoms with van der Waals surface area (Å²) < 4.78 is 15.8. The predicted octanol–water partition coefficient (Wildman–Crippen LogP) is 3.44. The maximum absolute atomic E-state index is 12.8. The Bertz CT molecular complexity index is 896. The third kappa shape index (κ3) is 6.64. The molecule has 7 nitrogen and oxygen atoms in total. The molecule has 2 rings (SSSR count). The van der Waals surface area contributed by atoms with Crippen LogP contribution in [0, 0.1) is 5.92 Å². The van der Waals surface area contributed by atoms with E-state index in [1.807, 2.05) is 56.3 Å². The molecule has 0 bridgehead atoms. The molecule has 0 radical (unpaired) electrons. The molecule has 0 fully saturated rings. The van der Waals surface area contributed by atoms with Crippen molar-refractivity contribution >= 4 is 11.8 Å². The zero-order valence-electron chi connectivity index (χ0n) is 19.8. The number of nitrogens with zero attached hydrogens (tertiary/aromatic N) is 1. The van der Waals surface area contributed by atoms with Gasteiger partial charge in [0.05, 0.1) is 21.3 Å². The zero-order chi connectivity index (χ0) is 23.7. The van der Waals surface area contributed by atoms with Gasteiger partial charge in [-0.05, 0) is 48.7 Å². The summed E-state index contributed by atoms with van der Waals surface area (Å²) in [6, 6.07) is 12.6. The molecule has 0 aliphatic carbocycles. The number of ether oxygens (including phenoxy) is 3. The molecule has 32 heavy (non-hydrogen) atoms. The smallest absolute Gasteiger partial charge is 0.242 e. The molecule has 2 aromatic rings. The van der Waals surface area contributed by atoms with Crippen LogP contribution in [0.1, 0.15) is 31.9 Å². The predicted molar refractivity (Wildman–Crippen MR) is 124 cm³/mol. The first kappa shape index (κ1) is 25.0. The standard InChI is InChI=1S/C25H34N2O5/c1-17(2)25(29)27(16-20-7-10-21(30-4)11-8-20)18(3)24(28)26-14-13-19-9-12-22(31-5)23(15-19)32-6/h7-12,15,17-18H,13-14,16H2,1-6H3,(H,26,28). The molecule has 1 unspecified atom stereocenters. The van der Waals surface area contributed by atoms with Gasteiger partial charge in [0.25, 0.3) is 0 Å². The second-order valence-corrected chi connectivity index (χ2v) is 7.88. The van der Waals surface area contributed by atoms with Gasteiger partial charge in [-0.3, -0.25) is 9.59 Å². The minimum atomic E-state index is -0.600. The molecule has 1 atom stereocenters. The van der Waals surface area contributed by atoms with Crippen LogP contribution in [0.4, 0.5) is 0 Å². The number of hydrogen-bond acceptors (Lipinski definition) is 5. The fourth-order valence-electron chi connectivity index (χ4n) is 3.32. The number of methoxy groups -OCH3 is 3. The van der Waals surface area contributed by atoms with Gasteiger partial charge in [-0.15, -0.1) is 0 Å². The summed E-state index contributed by atoms with van der Waals surface area (Å²) in [4.78, 5) is 27.3. The second kappa shape index (κ2) is 12.0. The first-order chi connectivity index (χ1) is 15.3. The largest absolute Gasteiger partial charge is 0.497 e. The van der Waals surface area contributed by atoms with E-state index in [0.29, 0.717) is 31.0 Å². The van der Waals surface area contributed by atoms with Gasteiger partial charge in [-0.25, -0.2) is 0 Å². The lowest BCUT2D eigenvalue weighted by Gasteiger charge is -2.30. The molecular formula is C25H34N2O5. The minimum Gasteiger partial charge on any atom is -0.497 e. The highest BCUT2D eigenvalue weighted by Crippen LogP contribution is 2.27. The van der Waals surface area contributed by atoms with E-state index in [1.54, 1.807) is 33.2 Å². The molecule has 0 aliphatic rings. The average molecular weight is 443 g/mol. The van der Waals surface area contributed by atoms with Gasteiger partial charge >= 0.3 is 0 Å². The monoisotopic (exact) mass is 442 g/mol. The van der Waals surface area contributed by atoms with E-state index in [0.717, 1.165) is 16.9 Å². The van der Waals surface area contributed by atoms with E-state index in [4.69, 9.17) is 14.2 Å². The van der Waals surface area contributed by atoms with Gasteiger partial charge in [-0.2, -0.15) is 0 Å². The molecule has 2 amide bonds. The molecule has 0 saturated heterocycles. The van der Waals surface area contributed by atoms with Crippen LogP contribution < -0.4 is 19.5 Å². The topological polar surface area (TPSA) is 77.1 Å². The Morgan fingerprint density at radius 3 is 2.06 bits per heavy atom. The Labute approximate surface area is 190 Å². The van der Waals surface area contributed by atoms with Crippen molar-refractivity contribution in [2.45, 2.75) is 39.8 Å². The van der Waals surface area contributed by atoms with Crippen LogP contribution in [0.2, 0.25) is 0 Å². The fourth-order valence-corrected chi connectivity index (χ4v) is 3.32. The van der Waals surface area contributed by atoms with Crippen LogP contribution in [0.25, 0.3) is 0 Å². The van der Waals surface area contributed by atoms with Gasteiger partial charge in [0, 0.05) is 19.0 Å². The average Bonchev–Trinajstić information content (AvgIpc) is 2.81. The van der Waals surface area contributed by atoms with Crippen molar-refractivity contribution in [2.24, 2.45) is 5.92 Å². The quantitative estimate of drug-likeness (QED) is 0.577. The number of rotatable bonds is 11. The van der Waals surface area contributed by atoms with Crippen molar-refractivity contribution in [3.8, 4) is 17.2 Å². The number of benzene rings is 2. The lowest BCUT2D eigenvalue weighted by atomic mass is 10.1. The van der Waals surface area contributed by atoms with Crippen LogP contribution in [0.3, 0.4) is 0 Å². The SMILES string of the molecule is COc1ccc(CN(C(=O)C(C)C)C(C)C(=O)NCCc2ccc(OC)c(OC)c2)cc1. The van der Waals surface area contributed by atoms with Crippen LogP contribution in [0.5, 0.6) is 17.2 Å². The van der Waals surface area contributed by atoms with Gasteiger partial charge in [0.1, 0.15) is 11.8 Å². The summed E-state index contributed by atoms with van der Waals surface area (Å²) in [7, 11) is 4.79. The van der Waals surface area contributed by atoms with Crippen LogP contribution in [-0.4, -0.2) is 50.6 Å². The van der Waals surface area contributed by atoms with Gasteiger partial charge in [-0.1, -0.05) is 32.0 Å². The molecule has 0 saturated carbocycles. The van der Waals surface area contributed by atoms with Crippen LogP contribution >= 0.6 is 0 Å².